The molecule has 0 aliphatic heterocycles. The van der Waals surface area contributed by atoms with Crippen LogP contribution in [0.5, 0.6) is 0 Å². The molecule has 0 radical (unpaired) electrons. The molecule has 1 aromatic carbocycles. The highest BCUT2D eigenvalue weighted by Gasteiger charge is 1.89. The summed E-state index contributed by atoms with van der Waals surface area (Å²) < 4.78 is 5.03. The summed E-state index contributed by atoms with van der Waals surface area (Å²) in [4.78, 5) is 11.4. The van der Waals surface area contributed by atoms with Gasteiger partial charge in [0.05, 0.1) is 15.7 Å². The molecule has 0 saturated heterocycles. The van der Waals surface area contributed by atoms with E-state index in [1.165, 1.54) is 16.2 Å². The number of nitrogens with two attached hydrogens (primary N) is 1. The van der Waals surface area contributed by atoms with E-state index in [0.717, 1.165) is 5.52 Å². The van der Waals surface area contributed by atoms with Crippen molar-refractivity contribution in [2.75, 3.05) is 5.73 Å². The average molecular weight is 315 g/mol. The van der Waals surface area contributed by atoms with Gasteiger partial charge in [0.2, 0.25) is 5.95 Å². The van der Waals surface area contributed by atoms with Crippen LogP contribution < -0.4 is 5.73 Å². The van der Waals surface area contributed by atoms with Gasteiger partial charge in [-0.25, -0.2) is 19.3 Å². The molecule has 106 valence electrons. The molecule has 3 heterocycles. The quantitative estimate of drug-likeness (QED) is 0.537. The first-order chi connectivity index (χ1) is 10.4. The number of anilines is 1. The highest BCUT2D eigenvalue weighted by Crippen LogP contribution is 2.15. The molecule has 7 heteroatoms. The molecular formula is C14H13N5S2. The van der Waals surface area contributed by atoms with Crippen LogP contribution in [-0.4, -0.2) is 19.3 Å². The van der Waals surface area contributed by atoms with E-state index < -0.39 is 0 Å². The van der Waals surface area contributed by atoms with Crippen molar-refractivity contribution in [2.24, 2.45) is 0 Å². The molecule has 0 bridgehead atoms. The predicted octanol–water partition coefficient (Wildman–Crippen LogP) is 3.50. The first-order valence-electron chi connectivity index (χ1n) is 6.01. The smallest absolute Gasteiger partial charge is 0.219 e. The summed E-state index contributed by atoms with van der Waals surface area (Å²) in [5.74, 6) is 0.322. The van der Waals surface area contributed by atoms with E-state index in [1.807, 2.05) is 35.2 Å². The number of aromatic nitrogens is 4. The van der Waals surface area contributed by atoms with E-state index in [4.69, 9.17) is 5.73 Å². The van der Waals surface area contributed by atoms with Gasteiger partial charge in [-0.05, 0) is 35.8 Å². The molecule has 0 unspecified atom stereocenters. The molecule has 21 heavy (non-hydrogen) atoms. The average Bonchev–Trinajstić information content (AvgIpc) is 3.23. The molecule has 5 nitrogen and oxygen atoms in total. The first-order valence-corrected chi connectivity index (χ1v) is 7.73. The minimum atomic E-state index is 0.322. The van der Waals surface area contributed by atoms with Gasteiger partial charge in [0.15, 0.2) is 0 Å². The van der Waals surface area contributed by atoms with Gasteiger partial charge in [0.25, 0.3) is 0 Å². The van der Waals surface area contributed by atoms with Crippen LogP contribution in [0.1, 0.15) is 0 Å². The lowest BCUT2D eigenvalue weighted by atomic mass is 10.3. The summed E-state index contributed by atoms with van der Waals surface area (Å²) in [6.45, 7) is 0. The van der Waals surface area contributed by atoms with Gasteiger partial charge in [-0.2, -0.15) is 0 Å². The van der Waals surface area contributed by atoms with E-state index in [0.29, 0.717) is 5.95 Å². The van der Waals surface area contributed by atoms with Crippen molar-refractivity contribution in [3.63, 3.8) is 0 Å². The van der Waals surface area contributed by atoms with Gasteiger partial charge < -0.3 is 5.73 Å². The lowest BCUT2D eigenvalue weighted by molar-refractivity contribution is 1.19. The summed E-state index contributed by atoms with van der Waals surface area (Å²) in [6.07, 6.45) is 4.97. The number of benzene rings is 1. The van der Waals surface area contributed by atoms with Crippen molar-refractivity contribution in [2.45, 2.75) is 0 Å². The van der Waals surface area contributed by atoms with Gasteiger partial charge >= 0.3 is 0 Å². The molecule has 0 aliphatic rings. The van der Waals surface area contributed by atoms with Crippen LogP contribution in [-0.2, 0) is 0 Å². The van der Waals surface area contributed by atoms with Crippen LogP contribution in [0.25, 0.3) is 10.2 Å². The summed E-state index contributed by atoms with van der Waals surface area (Å²) in [5.41, 5.74) is 8.10. The highest BCUT2D eigenvalue weighted by atomic mass is 32.1. The van der Waals surface area contributed by atoms with Crippen molar-refractivity contribution < 1.29 is 0 Å². The normalized spacial score (nSPS) is 9.14. The summed E-state index contributed by atoms with van der Waals surface area (Å²) in [5, 5.41) is 1.93. The van der Waals surface area contributed by atoms with E-state index in [2.05, 4.69) is 25.4 Å². The molecule has 4 rings (SSSR count). The number of rotatable bonds is 0. The maximum atomic E-state index is 5.14. The van der Waals surface area contributed by atoms with Crippen molar-refractivity contribution >= 4 is 39.0 Å². The summed E-state index contributed by atoms with van der Waals surface area (Å²) in [6, 6.07) is 11.8. The monoisotopic (exact) mass is 315 g/mol. The van der Waals surface area contributed by atoms with Crippen molar-refractivity contribution in [1.29, 1.82) is 0 Å². The molecule has 3 aromatic heterocycles. The van der Waals surface area contributed by atoms with E-state index in [-0.39, 0.29) is 0 Å². The second-order valence-corrected chi connectivity index (χ2v) is 5.20. The Morgan fingerprint density at radius 1 is 0.857 bits per heavy atom. The Hall–Kier alpha value is -2.38. The Balaban J connectivity index is 0.000000121. The van der Waals surface area contributed by atoms with Crippen LogP contribution in [0.4, 0.5) is 5.95 Å². The lowest BCUT2D eigenvalue weighted by Gasteiger charge is -1.82. The van der Waals surface area contributed by atoms with Gasteiger partial charge in [-0.3, -0.25) is 0 Å². The maximum Gasteiger partial charge on any atom is 0.219 e. The highest BCUT2D eigenvalue weighted by molar-refractivity contribution is 7.16. The van der Waals surface area contributed by atoms with Crippen LogP contribution in [0, 0.1) is 0 Å². The Kier molecular flexibility index (Phi) is 6.24. The maximum absolute atomic E-state index is 5.14. The molecule has 0 amide bonds. The first kappa shape index (κ1) is 15.0. The number of nitrogens with zero attached hydrogens (tertiary/aromatic N) is 4. The summed E-state index contributed by atoms with van der Waals surface area (Å²) >= 11 is 3.14. The standard InChI is InChI=1S/C7H5NS.C4H5N3.C3H3NS/c1-2-4-7-6(3-1)8-5-9-7;5-4-6-2-1-3-7-4;1-2-4-5-3-1/h1-5H;1-3H,(H2,5,6,7);1-3H. The molecule has 0 fully saturated rings. The summed E-state index contributed by atoms with van der Waals surface area (Å²) in [7, 11) is 0. The van der Waals surface area contributed by atoms with Crippen LogP contribution >= 0.6 is 22.9 Å². The second-order valence-electron chi connectivity index (χ2n) is 3.62. The molecule has 0 saturated carbocycles. The number of hydrogen-bond acceptors (Lipinski definition) is 7. The number of para-hydroxylation sites is 1. The van der Waals surface area contributed by atoms with Crippen LogP contribution in [0.3, 0.4) is 0 Å². The predicted molar refractivity (Wildman–Crippen MR) is 88.2 cm³/mol. The molecule has 0 spiro atoms. The van der Waals surface area contributed by atoms with E-state index in [1.54, 1.807) is 36.0 Å². The van der Waals surface area contributed by atoms with E-state index >= 15 is 0 Å². The van der Waals surface area contributed by atoms with E-state index in [9.17, 15) is 0 Å². The molecule has 4 aromatic rings. The zero-order chi connectivity index (χ0) is 14.8. The fourth-order valence-electron chi connectivity index (χ4n) is 1.29. The largest absolute Gasteiger partial charge is 0.368 e. The zero-order valence-corrected chi connectivity index (χ0v) is 12.7. The molecule has 0 atom stereocenters. The van der Waals surface area contributed by atoms with Crippen molar-refractivity contribution in [3.05, 3.63) is 65.9 Å². The third-order valence-corrected chi connectivity index (χ3v) is 3.50. The van der Waals surface area contributed by atoms with Gasteiger partial charge in [-0.1, -0.05) is 12.1 Å². The topological polar surface area (TPSA) is 77.6 Å². The van der Waals surface area contributed by atoms with Crippen molar-refractivity contribution in [3.8, 4) is 0 Å². The number of nitrogen functional groups attached to an aromatic ring is 1. The fourth-order valence-corrected chi connectivity index (χ4v) is 2.32. The molecular weight excluding hydrogens is 302 g/mol. The Labute approximate surface area is 130 Å². The third kappa shape index (κ3) is 5.64. The Morgan fingerprint density at radius 2 is 1.67 bits per heavy atom. The number of hydrogen-bond donors (Lipinski definition) is 1. The van der Waals surface area contributed by atoms with Crippen molar-refractivity contribution in [1.82, 2.24) is 19.3 Å². The SMILES string of the molecule is Nc1ncccn1.c1ccc2scnc2c1.c1cnsc1. The minimum absolute atomic E-state index is 0.322. The Morgan fingerprint density at radius 3 is 2.19 bits per heavy atom. The van der Waals surface area contributed by atoms with Crippen LogP contribution in [0.2, 0.25) is 0 Å². The molecule has 0 aliphatic carbocycles. The molecule has 2 N–H and O–H groups in total. The van der Waals surface area contributed by atoms with Gasteiger partial charge in [0.1, 0.15) is 0 Å². The number of fused-ring (bicyclic) bond motifs is 1. The van der Waals surface area contributed by atoms with Gasteiger partial charge in [-0.15, -0.1) is 11.3 Å². The van der Waals surface area contributed by atoms with Gasteiger partial charge in [0, 0.05) is 24.0 Å². The lowest BCUT2D eigenvalue weighted by Crippen LogP contribution is -1.90. The second kappa shape index (κ2) is 8.72. The fraction of sp³-hybridized carbons (Fsp3) is 0. The third-order valence-electron chi connectivity index (χ3n) is 2.17. The zero-order valence-electron chi connectivity index (χ0n) is 11.0. The number of thiazole rings is 1. The Bertz CT molecular complexity index is 678. The minimum Gasteiger partial charge on any atom is -0.368 e. The van der Waals surface area contributed by atoms with Crippen LogP contribution in [0.15, 0.2) is 65.9 Å².